The van der Waals surface area contributed by atoms with Gasteiger partial charge in [0, 0.05) is 17.4 Å². The molecule has 0 spiro atoms. The van der Waals surface area contributed by atoms with E-state index in [4.69, 9.17) is 12.2 Å². The minimum absolute atomic E-state index is 0.0605. The Balaban J connectivity index is 1.60. The van der Waals surface area contributed by atoms with E-state index in [0.29, 0.717) is 5.11 Å². The Morgan fingerprint density at radius 3 is 2.34 bits per heavy atom. The maximum absolute atomic E-state index is 13.4. The molecule has 29 heavy (non-hydrogen) atoms. The molecule has 150 valence electrons. The van der Waals surface area contributed by atoms with Crippen molar-refractivity contribution < 1.29 is 9.59 Å². The molecule has 2 aliphatic rings. The van der Waals surface area contributed by atoms with Crippen LogP contribution in [0.1, 0.15) is 37.7 Å². The number of hydrogen-bond donors (Lipinski definition) is 1. The molecule has 1 heterocycles. The molecule has 6 heteroatoms. The van der Waals surface area contributed by atoms with Gasteiger partial charge in [-0.15, -0.1) is 0 Å². The SMILES string of the molecule is Cc1ccc(N2C(=S)N(C3CCCC3)C(=O)C2CC(=O)Nc2ccccc2)cc1. The van der Waals surface area contributed by atoms with Crippen LogP contribution in [-0.4, -0.2) is 33.9 Å². The van der Waals surface area contributed by atoms with Crippen molar-refractivity contribution in [3.05, 3.63) is 60.2 Å². The molecule has 0 aromatic heterocycles. The van der Waals surface area contributed by atoms with Gasteiger partial charge in [-0.1, -0.05) is 48.7 Å². The van der Waals surface area contributed by atoms with E-state index in [1.54, 1.807) is 4.90 Å². The van der Waals surface area contributed by atoms with Gasteiger partial charge < -0.3 is 10.2 Å². The van der Waals surface area contributed by atoms with Crippen LogP contribution in [0, 0.1) is 6.92 Å². The summed E-state index contributed by atoms with van der Waals surface area (Å²) in [6.07, 6.45) is 4.22. The van der Waals surface area contributed by atoms with Crippen LogP contribution in [0.3, 0.4) is 0 Å². The van der Waals surface area contributed by atoms with Gasteiger partial charge in [0.25, 0.3) is 5.91 Å². The van der Waals surface area contributed by atoms with E-state index in [2.05, 4.69) is 5.32 Å². The first-order valence-electron chi connectivity index (χ1n) is 10.1. The lowest BCUT2D eigenvalue weighted by molar-refractivity contribution is -0.130. The number of anilines is 2. The summed E-state index contributed by atoms with van der Waals surface area (Å²) in [5, 5.41) is 3.41. The fourth-order valence-corrected chi connectivity index (χ4v) is 4.67. The second-order valence-corrected chi connectivity index (χ2v) is 8.13. The van der Waals surface area contributed by atoms with E-state index in [-0.39, 0.29) is 24.3 Å². The van der Waals surface area contributed by atoms with Crippen molar-refractivity contribution in [2.24, 2.45) is 0 Å². The predicted octanol–water partition coefficient (Wildman–Crippen LogP) is 4.27. The van der Waals surface area contributed by atoms with E-state index in [1.165, 1.54) is 0 Å². The maximum atomic E-state index is 13.4. The molecular weight excluding hydrogens is 382 g/mol. The molecule has 0 bridgehead atoms. The van der Waals surface area contributed by atoms with Gasteiger partial charge in [-0.3, -0.25) is 14.5 Å². The molecule has 1 unspecified atom stereocenters. The van der Waals surface area contributed by atoms with Crippen molar-refractivity contribution in [1.29, 1.82) is 0 Å². The summed E-state index contributed by atoms with van der Waals surface area (Å²) in [6, 6.07) is 16.8. The number of nitrogens with zero attached hydrogens (tertiary/aromatic N) is 2. The van der Waals surface area contributed by atoms with Crippen molar-refractivity contribution in [2.75, 3.05) is 10.2 Å². The zero-order chi connectivity index (χ0) is 20.4. The minimum Gasteiger partial charge on any atom is -0.326 e. The quantitative estimate of drug-likeness (QED) is 0.752. The summed E-state index contributed by atoms with van der Waals surface area (Å²) in [4.78, 5) is 29.7. The first kappa shape index (κ1) is 19.6. The van der Waals surface area contributed by atoms with E-state index in [9.17, 15) is 9.59 Å². The van der Waals surface area contributed by atoms with Gasteiger partial charge in [0.1, 0.15) is 6.04 Å². The molecule has 1 atom stereocenters. The van der Waals surface area contributed by atoms with Gasteiger partial charge in [-0.05, 0) is 56.2 Å². The first-order chi connectivity index (χ1) is 14.0. The normalized spacial score (nSPS) is 19.8. The highest BCUT2D eigenvalue weighted by Gasteiger charge is 2.47. The van der Waals surface area contributed by atoms with Crippen molar-refractivity contribution in [1.82, 2.24) is 4.90 Å². The number of para-hydroxylation sites is 1. The summed E-state index contributed by atoms with van der Waals surface area (Å²) in [6.45, 7) is 2.02. The summed E-state index contributed by atoms with van der Waals surface area (Å²) < 4.78 is 0. The Kier molecular flexibility index (Phi) is 5.62. The second-order valence-electron chi connectivity index (χ2n) is 7.77. The molecule has 2 amide bonds. The third kappa shape index (κ3) is 4.03. The Bertz CT molecular complexity index is 907. The highest BCUT2D eigenvalue weighted by molar-refractivity contribution is 7.80. The van der Waals surface area contributed by atoms with Crippen molar-refractivity contribution in [3.63, 3.8) is 0 Å². The highest BCUT2D eigenvalue weighted by atomic mass is 32.1. The molecule has 4 rings (SSSR count). The molecule has 5 nitrogen and oxygen atoms in total. The van der Waals surface area contributed by atoms with Crippen LogP contribution in [0.15, 0.2) is 54.6 Å². The van der Waals surface area contributed by atoms with Crippen LogP contribution in [0.2, 0.25) is 0 Å². The number of amides is 2. The largest absolute Gasteiger partial charge is 0.326 e. The standard InChI is InChI=1S/C23H25N3O2S/c1-16-11-13-19(14-12-16)25-20(15-21(27)24-17-7-3-2-4-8-17)22(28)26(23(25)29)18-9-5-6-10-18/h2-4,7-8,11-14,18,20H,5-6,9-10,15H2,1H3,(H,24,27). The number of carbonyl (C=O) groups is 2. The monoisotopic (exact) mass is 407 g/mol. The summed E-state index contributed by atoms with van der Waals surface area (Å²) in [5.41, 5.74) is 2.71. The highest BCUT2D eigenvalue weighted by Crippen LogP contribution is 2.34. The molecule has 1 aliphatic carbocycles. The average Bonchev–Trinajstić information content (AvgIpc) is 3.31. The summed E-state index contributed by atoms with van der Waals surface area (Å²) >= 11 is 5.75. The topological polar surface area (TPSA) is 52.7 Å². The molecule has 2 aromatic carbocycles. The van der Waals surface area contributed by atoms with E-state index >= 15 is 0 Å². The second kappa shape index (κ2) is 8.33. The van der Waals surface area contributed by atoms with E-state index < -0.39 is 6.04 Å². The lowest BCUT2D eigenvalue weighted by Gasteiger charge is -2.26. The molecule has 1 N–H and O–H groups in total. The number of nitrogens with one attached hydrogen (secondary N) is 1. The molecule has 1 aliphatic heterocycles. The predicted molar refractivity (Wildman–Crippen MR) is 119 cm³/mol. The van der Waals surface area contributed by atoms with Crippen LogP contribution >= 0.6 is 12.2 Å². The molecule has 1 saturated heterocycles. The smallest absolute Gasteiger partial charge is 0.252 e. The number of aryl methyl sites for hydroxylation is 1. The van der Waals surface area contributed by atoms with Crippen LogP contribution in [0.25, 0.3) is 0 Å². The molecule has 0 radical (unpaired) electrons. The maximum Gasteiger partial charge on any atom is 0.252 e. The summed E-state index contributed by atoms with van der Waals surface area (Å²) in [7, 11) is 0. The zero-order valence-electron chi connectivity index (χ0n) is 16.5. The van der Waals surface area contributed by atoms with Crippen molar-refractivity contribution in [2.45, 2.75) is 51.1 Å². The number of hydrogen-bond acceptors (Lipinski definition) is 3. The van der Waals surface area contributed by atoms with E-state index in [1.807, 2.05) is 66.4 Å². The van der Waals surface area contributed by atoms with Gasteiger partial charge in [-0.25, -0.2) is 0 Å². The van der Waals surface area contributed by atoms with Gasteiger partial charge >= 0.3 is 0 Å². The number of thiocarbonyl (C=S) groups is 1. The molecule has 2 fully saturated rings. The number of rotatable bonds is 5. The summed E-state index contributed by atoms with van der Waals surface area (Å²) in [5.74, 6) is -0.256. The molecular formula is C23H25N3O2S. The Labute approximate surface area is 176 Å². The molecule has 1 saturated carbocycles. The Morgan fingerprint density at radius 1 is 1.03 bits per heavy atom. The van der Waals surface area contributed by atoms with Crippen LogP contribution < -0.4 is 10.2 Å². The Hall–Kier alpha value is -2.73. The Morgan fingerprint density at radius 2 is 1.69 bits per heavy atom. The molecule has 2 aromatic rings. The zero-order valence-corrected chi connectivity index (χ0v) is 17.3. The average molecular weight is 408 g/mol. The lowest BCUT2D eigenvalue weighted by atomic mass is 10.1. The van der Waals surface area contributed by atoms with Gasteiger partial charge in [-0.2, -0.15) is 0 Å². The third-order valence-corrected chi connectivity index (χ3v) is 6.08. The number of carbonyl (C=O) groups excluding carboxylic acids is 2. The lowest BCUT2D eigenvalue weighted by Crippen LogP contribution is -2.39. The fourth-order valence-electron chi connectivity index (χ4n) is 4.20. The van der Waals surface area contributed by atoms with Crippen molar-refractivity contribution in [3.8, 4) is 0 Å². The van der Waals surface area contributed by atoms with Gasteiger partial charge in [0.15, 0.2) is 5.11 Å². The third-order valence-electron chi connectivity index (χ3n) is 5.68. The van der Waals surface area contributed by atoms with Crippen LogP contribution in [0.5, 0.6) is 0 Å². The van der Waals surface area contributed by atoms with E-state index in [0.717, 1.165) is 42.6 Å². The minimum atomic E-state index is -0.616. The number of benzene rings is 2. The van der Waals surface area contributed by atoms with Crippen LogP contribution in [0.4, 0.5) is 11.4 Å². The van der Waals surface area contributed by atoms with Crippen molar-refractivity contribution >= 4 is 40.5 Å². The van der Waals surface area contributed by atoms with Crippen LogP contribution in [-0.2, 0) is 9.59 Å². The fraction of sp³-hybridized carbons (Fsp3) is 0.348. The van der Waals surface area contributed by atoms with Gasteiger partial charge in [0.2, 0.25) is 5.91 Å². The first-order valence-corrected chi connectivity index (χ1v) is 10.5. The van der Waals surface area contributed by atoms with Gasteiger partial charge in [0.05, 0.1) is 6.42 Å².